The van der Waals surface area contributed by atoms with Gasteiger partial charge in [-0.25, -0.2) is 5.43 Å². The molecule has 0 bridgehead atoms. The zero-order chi connectivity index (χ0) is 25.5. The number of anilines is 1. The average Bonchev–Trinajstić information content (AvgIpc) is 2.87. The molecule has 0 spiro atoms. The SMILES string of the molecule is COc1cc(/C=N\NC(=O)c2ccc(NC(C)=O)cc2)cc(Br)c1OCc1cccc2ccccc12. The number of rotatable bonds is 8. The van der Waals surface area contributed by atoms with Crippen LogP contribution in [0.25, 0.3) is 10.8 Å². The highest BCUT2D eigenvalue weighted by molar-refractivity contribution is 9.10. The highest BCUT2D eigenvalue weighted by Gasteiger charge is 2.13. The molecule has 0 unspecified atom stereocenters. The first kappa shape index (κ1) is 24.9. The van der Waals surface area contributed by atoms with Crippen LogP contribution in [0.3, 0.4) is 0 Å². The van der Waals surface area contributed by atoms with E-state index in [-0.39, 0.29) is 11.8 Å². The standard InChI is InChI=1S/C28H24BrN3O4/c1-18(33)31-23-12-10-21(11-13-23)28(34)32-30-16-19-14-25(29)27(26(15-19)35-2)36-17-22-8-5-7-20-6-3-4-9-24(20)22/h3-16H,17H2,1-2H3,(H,31,33)(H,32,34)/b30-16-. The monoisotopic (exact) mass is 545 g/mol. The number of nitrogens with one attached hydrogen (secondary N) is 2. The number of benzene rings is 4. The van der Waals surface area contributed by atoms with Crippen LogP contribution in [0.15, 0.2) is 88.4 Å². The zero-order valence-electron chi connectivity index (χ0n) is 19.7. The zero-order valence-corrected chi connectivity index (χ0v) is 21.3. The fourth-order valence-electron chi connectivity index (χ4n) is 3.66. The van der Waals surface area contributed by atoms with Gasteiger partial charge in [0.25, 0.3) is 5.91 Å². The average molecular weight is 546 g/mol. The molecule has 4 rings (SSSR count). The van der Waals surface area contributed by atoms with Crippen molar-refractivity contribution in [3.8, 4) is 11.5 Å². The van der Waals surface area contributed by atoms with E-state index >= 15 is 0 Å². The van der Waals surface area contributed by atoms with Gasteiger partial charge in [0.1, 0.15) is 6.61 Å². The van der Waals surface area contributed by atoms with Crippen molar-refractivity contribution in [1.29, 1.82) is 0 Å². The number of carbonyl (C=O) groups is 2. The number of ether oxygens (including phenoxy) is 2. The van der Waals surface area contributed by atoms with Crippen molar-refractivity contribution >= 4 is 50.4 Å². The van der Waals surface area contributed by atoms with Gasteiger partial charge in [0, 0.05) is 18.2 Å². The minimum atomic E-state index is -0.373. The van der Waals surface area contributed by atoms with Gasteiger partial charge in [0.15, 0.2) is 11.5 Å². The maximum Gasteiger partial charge on any atom is 0.271 e. The topological polar surface area (TPSA) is 89.0 Å². The van der Waals surface area contributed by atoms with Crippen LogP contribution in [0, 0.1) is 0 Å². The van der Waals surface area contributed by atoms with Crippen LogP contribution in [-0.2, 0) is 11.4 Å². The summed E-state index contributed by atoms with van der Waals surface area (Å²) in [6.07, 6.45) is 1.52. The van der Waals surface area contributed by atoms with E-state index in [1.165, 1.54) is 13.1 Å². The van der Waals surface area contributed by atoms with Crippen molar-refractivity contribution in [2.45, 2.75) is 13.5 Å². The summed E-state index contributed by atoms with van der Waals surface area (Å²) in [6, 6.07) is 24.4. The Morgan fingerprint density at radius 2 is 1.75 bits per heavy atom. The number of hydrogen-bond acceptors (Lipinski definition) is 5. The summed E-state index contributed by atoms with van der Waals surface area (Å²) < 4.78 is 12.4. The van der Waals surface area contributed by atoms with Crippen molar-refractivity contribution in [1.82, 2.24) is 5.43 Å². The van der Waals surface area contributed by atoms with E-state index < -0.39 is 0 Å². The molecular weight excluding hydrogens is 522 g/mol. The van der Waals surface area contributed by atoms with Crippen molar-refractivity contribution < 1.29 is 19.1 Å². The Labute approximate surface area is 217 Å². The van der Waals surface area contributed by atoms with Gasteiger partial charge in [0.05, 0.1) is 17.8 Å². The van der Waals surface area contributed by atoms with E-state index in [9.17, 15) is 9.59 Å². The lowest BCUT2D eigenvalue weighted by atomic mass is 10.1. The molecular formula is C28H24BrN3O4. The first-order valence-corrected chi connectivity index (χ1v) is 11.9. The molecule has 0 fully saturated rings. The molecule has 7 nitrogen and oxygen atoms in total. The molecule has 0 heterocycles. The normalized spacial score (nSPS) is 10.9. The first-order valence-electron chi connectivity index (χ1n) is 11.1. The lowest BCUT2D eigenvalue weighted by Gasteiger charge is -2.14. The Bertz CT molecular complexity index is 1430. The highest BCUT2D eigenvalue weighted by Crippen LogP contribution is 2.37. The third-order valence-electron chi connectivity index (χ3n) is 5.35. The first-order chi connectivity index (χ1) is 17.4. The predicted octanol–water partition coefficient (Wildman–Crippen LogP) is 5.91. The van der Waals surface area contributed by atoms with Gasteiger partial charge in [0.2, 0.25) is 5.91 Å². The summed E-state index contributed by atoms with van der Waals surface area (Å²) in [5.41, 5.74) is 5.30. The number of methoxy groups -OCH3 is 1. The van der Waals surface area contributed by atoms with Crippen LogP contribution in [0.4, 0.5) is 5.69 Å². The van der Waals surface area contributed by atoms with E-state index in [4.69, 9.17) is 9.47 Å². The van der Waals surface area contributed by atoms with Crippen molar-refractivity contribution in [3.05, 3.63) is 100 Å². The molecule has 2 N–H and O–H groups in total. The largest absolute Gasteiger partial charge is 0.493 e. The Kier molecular flexibility index (Phi) is 7.97. The quantitative estimate of drug-likeness (QED) is 0.212. The number of carbonyl (C=O) groups excluding carboxylic acids is 2. The van der Waals surface area contributed by atoms with Crippen LogP contribution < -0.4 is 20.2 Å². The molecule has 4 aromatic rings. The Balaban J connectivity index is 1.43. The molecule has 0 aromatic heterocycles. The second-order valence-electron chi connectivity index (χ2n) is 7.92. The molecule has 0 aliphatic rings. The van der Waals surface area contributed by atoms with E-state index in [2.05, 4.69) is 50.0 Å². The molecule has 8 heteroatoms. The summed E-state index contributed by atoms with van der Waals surface area (Å²) in [4.78, 5) is 23.5. The molecule has 182 valence electrons. The van der Waals surface area contributed by atoms with Gasteiger partial charge in [-0.3, -0.25) is 9.59 Å². The molecule has 0 aliphatic carbocycles. The van der Waals surface area contributed by atoms with Crippen molar-refractivity contribution in [2.24, 2.45) is 5.10 Å². The Morgan fingerprint density at radius 1 is 1.00 bits per heavy atom. The molecule has 0 saturated carbocycles. The van der Waals surface area contributed by atoms with E-state index in [1.54, 1.807) is 37.4 Å². The minimum Gasteiger partial charge on any atom is -0.493 e. The highest BCUT2D eigenvalue weighted by atomic mass is 79.9. The predicted molar refractivity (Wildman–Crippen MR) is 145 cm³/mol. The van der Waals surface area contributed by atoms with Gasteiger partial charge in [-0.2, -0.15) is 5.10 Å². The third-order valence-corrected chi connectivity index (χ3v) is 5.94. The fourth-order valence-corrected chi connectivity index (χ4v) is 4.24. The Morgan fingerprint density at radius 3 is 2.50 bits per heavy atom. The second kappa shape index (κ2) is 11.5. The van der Waals surface area contributed by atoms with Gasteiger partial charge < -0.3 is 14.8 Å². The number of halogens is 1. The summed E-state index contributed by atoms with van der Waals surface area (Å²) in [7, 11) is 1.57. The third kappa shape index (κ3) is 6.09. The number of fused-ring (bicyclic) bond motifs is 1. The number of hydrazone groups is 1. The smallest absolute Gasteiger partial charge is 0.271 e. The molecule has 0 aliphatic heterocycles. The summed E-state index contributed by atoms with van der Waals surface area (Å²) in [5, 5.41) is 9.00. The molecule has 0 saturated heterocycles. The van der Waals surface area contributed by atoms with Gasteiger partial charge in [-0.05, 0) is 74.2 Å². The second-order valence-corrected chi connectivity index (χ2v) is 8.77. The lowest BCUT2D eigenvalue weighted by Crippen LogP contribution is -2.17. The van der Waals surface area contributed by atoms with Gasteiger partial charge >= 0.3 is 0 Å². The van der Waals surface area contributed by atoms with E-state index in [0.29, 0.717) is 39.4 Å². The van der Waals surface area contributed by atoms with Gasteiger partial charge in [-0.15, -0.1) is 0 Å². The van der Waals surface area contributed by atoms with Crippen LogP contribution in [-0.4, -0.2) is 25.1 Å². The molecule has 4 aromatic carbocycles. The van der Waals surface area contributed by atoms with E-state index in [1.807, 2.05) is 30.3 Å². The summed E-state index contributed by atoms with van der Waals surface area (Å²) >= 11 is 3.56. The number of hydrogen-bond donors (Lipinski definition) is 2. The maximum atomic E-state index is 12.4. The van der Waals surface area contributed by atoms with E-state index in [0.717, 1.165) is 16.3 Å². The van der Waals surface area contributed by atoms with Gasteiger partial charge in [-0.1, -0.05) is 42.5 Å². The summed E-state index contributed by atoms with van der Waals surface area (Å²) in [5.74, 6) is 0.557. The lowest BCUT2D eigenvalue weighted by molar-refractivity contribution is -0.114. The minimum absolute atomic E-state index is 0.177. The Hall–Kier alpha value is -4.17. The molecule has 36 heavy (non-hydrogen) atoms. The molecule has 2 amide bonds. The molecule has 0 radical (unpaired) electrons. The number of nitrogens with zero attached hydrogens (tertiary/aromatic N) is 1. The maximum absolute atomic E-state index is 12.4. The molecule has 0 atom stereocenters. The number of amides is 2. The van der Waals surface area contributed by atoms with Crippen LogP contribution in [0.1, 0.15) is 28.4 Å². The van der Waals surface area contributed by atoms with Crippen molar-refractivity contribution in [3.63, 3.8) is 0 Å². The fraction of sp³-hybridized carbons (Fsp3) is 0.107. The van der Waals surface area contributed by atoms with Crippen LogP contribution in [0.2, 0.25) is 0 Å². The summed E-state index contributed by atoms with van der Waals surface area (Å²) in [6.45, 7) is 1.80. The van der Waals surface area contributed by atoms with Crippen LogP contribution in [0.5, 0.6) is 11.5 Å². The van der Waals surface area contributed by atoms with Crippen LogP contribution >= 0.6 is 15.9 Å². The van der Waals surface area contributed by atoms with Crippen molar-refractivity contribution in [2.75, 3.05) is 12.4 Å².